The van der Waals surface area contributed by atoms with Gasteiger partial charge in [-0.05, 0) is 38.2 Å². The fourth-order valence-corrected chi connectivity index (χ4v) is 2.40. The van der Waals surface area contributed by atoms with Crippen LogP contribution in [-0.4, -0.2) is 43.0 Å². The molecule has 1 saturated heterocycles. The highest BCUT2D eigenvalue weighted by atomic mass is 19.1. The summed E-state index contributed by atoms with van der Waals surface area (Å²) >= 11 is 0. The van der Waals surface area contributed by atoms with Crippen LogP contribution >= 0.6 is 0 Å². The number of hydrogen-bond donors (Lipinski definition) is 1. The third-order valence-corrected chi connectivity index (χ3v) is 3.55. The van der Waals surface area contributed by atoms with Gasteiger partial charge in [0.2, 0.25) is 0 Å². The molecule has 0 bridgehead atoms. The van der Waals surface area contributed by atoms with Crippen LogP contribution in [0.3, 0.4) is 0 Å². The number of nitrogens with two attached hydrogens (primary N) is 1. The van der Waals surface area contributed by atoms with E-state index in [0.29, 0.717) is 5.56 Å². The molecule has 0 aromatic heterocycles. The van der Waals surface area contributed by atoms with Crippen molar-refractivity contribution in [3.05, 3.63) is 35.1 Å². The van der Waals surface area contributed by atoms with Crippen LogP contribution in [0.2, 0.25) is 0 Å². The van der Waals surface area contributed by atoms with Crippen LogP contribution in [0.15, 0.2) is 18.2 Å². The summed E-state index contributed by atoms with van der Waals surface area (Å²) in [6.45, 7) is 5.61. The Balaban J connectivity index is 2.00. The molecule has 1 heterocycles. The van der Waals surface area contributed by atoms with Gasteiger partial charge in [0.1, 0.15) is 5.82 Å². The summed E-state index contributed by atoms with van der Waals surface area (Å²) in [5, 5.41) is 0. The van der Waals surface area contributed by atoms with Crippen molar-refractivity contribution in [2.45, 2.75) is 19.5 Å². The van der Waals surface area contributed by atoms with E-state index in [0.717, 1.165) is 38.3 Å². The summed E-state index contributed by atoms with van der Waals surface area (Å²) in [6.07, 6.45) is 1.20. The summed E-state index contributed by atoms with van der Waals surface area (Å²) in [4.78, 5) is 4.78. The Morgan fingerprint density at radius 2 is 2.06 bits per heavy atom. The van der Waals surface area contributed by atoms with E-state index < -0.39 is 0 Å². The maximum atomic E-state index is 13.4. The molecule has 4 heteroatoms. The first-order chi connectivity index (χ1) is 8.69. The van der Waals surface area contributed by atoms with E-state index in [9.17, 15) is 4.39 Å². The van der Waals surface area contributed by atoms with Gasteiger partial charge in [0.15, 0.2) is 0 Å². The molecule has 0 amide bonds. The second-order valence-corrected chi connectivity index (χ2v) is 5.06. The molecule has 1 aromatic carbocycles. The first-order valence-electron chi connectivity index (χ1n) is 6.57. The minimum absolute atomic E-state index is 0.197. The van der Waals surface area contributed by atoms with Crippen molar-refractivity contribution in [2.75, 3.05) is 33.2 Å². The van der Waals surface area contributed by atoms with Gasteiger partial charge in [-0.15, -0.1) is 0 Å². The van der Waals surface area contributed by atoms with Crippen LogP contribution in [0.1, 0.15) is 17.5 Å². The van der Waals surface area contributed by atoms with Gasteiger partial charge in [-0.1, -0.05) is 12.1 Å². The number of hydrogen-bond acceptors (Lipinski definition) is 3. The summed E-state index contributed by atoms with van der Waals surface area (Å²) in [5.74, 6) is -0.197. The topological polar surface area (TPSA) is 32.5 Å². The Labute approximate surface area is 108 Å². The zero-order valence-corrected chi connectivity index (χ0v) is 11.0. The SMILES string of the molecule is CN1CCCN(Cc2ccc(F)c(CN)c2)CC1. The highest BCUT2D eigenvalue weighted by Crippen LogP contribution is 2.13. The van der Waals surface area contributed by atoms with E-state index in [4.69, 9.17) is 5.73 Å². The third kappa shape index (κ3) is 3.51. The Morgan fingerprint density at radius 1 is 1.22 bits per heavy atom. The largest absolute Gasteiger partial charge is 0.326 e. The van der Waals surface area contributed by atoms with Crippen LogP contribution in [-0.2, 0) is 13.1 Å². The molecule has 1 aliphatic heterocycles. The molecule has 0 radical (unpaired) electrons. The molecule has 0 saturated carbocycles. The maximum Gasteiger partial charge on any atom is 0.127 e. The van der Waals surface area contributed by atoms with Gasteiger partial charge in [0.05, 0.1) is 0 Å². The van der Waals surface area contributed by atoms with Gasteiger partial charge < -0.3 is 10.6 Å². The van der Waals surface area contributed by atoms with E-state index in [-0.39, 0.29) is 12.4 Å². The second kappa shape index (κ2) is 6.27. The van der Waals surface area contributed by atoms with E-state index in [1.807, 2.05) is 12.1 Å². The van der Waals surface area contributed by atoms with Crippen LogP contribution in [0.25, 0.3) is 0 Å². The molecule has 3 nitrogen and oxygen atoms in total. The maximum absolute atomic E-state index is 13.4. The van der Waals surface area contributed by atoms with Gasteiger partial charge in [-0.2, -0.15) is 0 Å². The molecule has 0 atom stereocenters. The Kier molecular flexibility index (Phi) is 4.69. The molecule has 18 heavy (non-hydrogen) atoms. The van der Waals surface area contributed by atoms with E-state index in [1.54, 1.807) is 0 Å². The average Bonchev–Trinajstić information content (AvgIpc) is 2.57. The van der Waals surface area contributed by atoms with Crippen molar-refractivity contribution >= 4 is 0 Å². The molecule has 0 aliphatic carbocycles. The molecular formula is C14H22FN3. The fourth-order valence-electron chi connectivity index (χ4n) is 2.40. The average molecular weight is 251 g/mol. The van der Waals surface area contributed by atoms with Gasteiger partial charge in [0.25, 0.3) is 0 Å². The van der Waals surface area contributed by atoms with E-state index >= 15 is 0 Å². The van der Waals surface area contributed by atoms with Gasteiger partial charge in [0, 0.05) is 31.7 Å². The first-order valence-corrected chi connectivity index (χ1v) is 6.57. The Hall–Kier alpha value is -0.970. The van der Waals surface area contributed by atoms with Crippen molar-refractivity contribution < 1.29 is 4.39 Å². The standard InChI is InChI=1S/C14H22FN3/c1-17-5-2-6-18(8-7-17)11-12-3-4-14(15)13(9-12)10-16/h3-4,9H,2,5-8,10-11,16H2,1H3. The van der Waals surface area contributed by atoms with Crippen molar-refractivity contribution in [1.29, 1.82) is 0 Å². The van der Waals surface area contributed by atoms with E-state index in [1.165, 1.54) is 12.5 Å². The number of likely N-dealkylation sites (N-methyl/N-ethyl adjacent to an activating group) is 1. The molecule has 1 aliphatic rings. The lowest BCUT2D eigenvalue weighted by molar-refractivity contribution is 0.269. The lowest BCUT2D eigenvalue weighted by atomic mass is 10.1. The normalized spacial score (nSPS) is 18.8. The number of benzene rings is 1. The summed E-state index contributed by atoms with van der Waals surface area (Å²) in [5.41, 5.74) is 7.30. The predicted octanol–water partition coefficient (Wildman–Crippen LogP) is 1.42. The van der Waals surface area contributed by atoms with Crippen molar-refractivity contribution in [2.24, 2.45) is 5.73 Å². The third-order valence-electron chi connectivity index (χ3n) is 3.55. The molecular weight excluding hydrogens is 229 g/mol. The summed E-state index contributed by atoms with van der Waals surface area (Å²) in [7, 11) is 2.16. The fraction of sp³-hybridized carbons (Fsp3) is 0.571. The minimum Gasteiger partial charge on any atom is -0.326 e. The van der Waals surface area contributed by atoms with Gasteiger partial charge >= 0.3 is 0 Å². The zero-order chi connectivity index (χ0) is 13.0. The molecule has 2 rings (SSSR count). The molecule has 1 aromatic rings. The first kappa shape index (κ1) is 13.5. The van der Waals surface area contributed by atoms with Gasteiger partial charge in [-0.3, -0.25) is 4.90 Å². The highest BCUT2D eigenvalue weighted by molar-refractivity contribution is 5.25. The second-order valence-electron chi connectivity index (χ2n) is 5.06. The Morgan fingerprint density at radius 3 is 2.83 bits per heavy atom. The molecule has 100 valence electrons. The smallest absolute Gasteiger partial charge is 0.127 e. The number of nitrogens with zero attached hydrogens (tertiary/aromatic N) is 2. The monoisotopic (exact) mass is 251 g/mol. The van der Waals surface area contributed by atoms with Crippen LogP contribution in [0.4, 0.5) is 4.39 Å². The van der Waals surface area contributed by atoms with Crippen molar-refractivity contribution in [3.63, 3.8) is 0 Å². The number of halogens is 1. The quantitative estimate of drug-likeness (QED) is 0.882. The van der Waals surface area contributed by atoms with Crippen molar-refractivity contribution in [3.8, 4) is 0 Å². The zero-order valence-electron chi connectivity index (χ0n) is 11.0. The lowest BCUT2D eigenvalue weighted by Crippen LogP contribution is -2.28. The predicted molar refractivity (Wildman–Crippen MR) is 71.7 cm³/mol. The van der Waals surface area contributed by atoms with Crippen LogP contribution < -0.4 is 5.73 Å². The Bertz CT molecular complexity index is 395. The molecule has 1 fully saturated rings. The highest BCUT2D eigenvalue weighted by Gasteiger charge is 2.12. The molecule has 2 N–H and O–H groups in total. The minimum atomic E-state index is -0.197. The summed E-state index contributed by atoms with van der Waals surface area (Å²) in [6, 6.07) is 5.29. The number of rotatable bonds is 3. The molecule has 0 spiro atoms. The van der Waals surface area contributed by atoms with Gasteiger partial charge in [-0.25, -0.2) is 4.39 Å². The van der Waals surface area contributed by atoms with E-state index in [2.05, 4.69) is 16.8 Å². The van der Waals surface area contributed by atoms with Crippen LogP contribution in [0, 0.1) is 5.82 Å². The van der Waals surface area contributed by atoms with Crippen LogP contribution in [0.5, 0.6) is 0 Å². The molecule has 0 unspecified atom stereocenters. The summed E-state index contributed by atoms with van der Waals surface area (Å²) < 4.78 is 13.4. The van der Waals surface area contributed by atoms with Crippen molar-refractivity contribution in [1.82, 2.24) is 9.80 Å². The lowest BCUT2D eigenvalue weighted by Gasteiger charge is -2.20.